The number of furan rings is 1. The second-order valence-electron chi connectivity index (χ2n) is 4.62. The topological polar surface area (TPSA) is 72.7 Å². The molecule has 0 unspecified atom stereocenters. The van der Waals surface area contributed by atoms with E-state index in [4.69, 9.17) is 13.9 Å². The molecule has 0 radical (unpaired) electrons. The van der Waals surface area contributed by atoms with E-state index in [2.05, 4.69) is 10.6 Å². The lowest BCUT2D eigenvalue weighted by molar-refractivity contribution is -0.116. The van der Waals surface area contributed by atoms with Crippen molar-refractivity contribution in [2.45, 2.75) is 13.0 Å². The lowest BCUT2D eigenvalue weighted by atomic mass is 10.2. The van der Waals surface area contributed by atoms with Gasteiger partial charge in [0, 0.05) is 19.0 Å². The van der Waals surface area contributed by atoms with E-state index >= 15 is 0 Å². The third-order valence-corrected chi connectivity index (χ3v) is 3.09. The van der Waals surface area contributed by atoms with Crippen molar-refractivity contribution in [3.8, 4) is 11.5 Å². The Morgan fingerprint density at radius 2 is 2.09 bits per heavy atom. The first-order valence-electron chi connectivity index (χ1n) is 6.98. The molecular formula is C16H20N2O4. The van der Waals surface area contributed by atoms with Gasteiger partial charge in [0.2, 0.25) is 5.91 Å². The monoisotopic (exact) mass is 304 g/mol. The number of rotatable bonds is 8. The van der Waals surface area contributed by atoms with Crippen LogP contribution in [-0.4, -0.2) is 26.7 Å². The average molecular weight is 304 g/mol. The fraction of sp³-hybridized carbons (Fsp3) is 0.312. The molecule has 1 amide bonds. The van der Waals surface area contributed by atoms with Gasteiger partial charge in [-0.3, -0.25) is 4.79 Å². The van der Waals surface area contributed by atoms with Gasteiger partial charge in [-0.05, 0) is 24.3 Å². The second kappa shape index (κ2) is 8.09. The van der Waals surface area contributed by atoms with Crippen molar-refractivity contribution < 1.29 is 18.7 Å². The van der Waals surface area contributed by atoms with Crippen LogP contribution in [0.15, 0.2) is 41.0 Å². The summed E-state index contributed by atoms with van der Waals surface area (Å²) in [4.78, 5) is 11.9. The molecule has 0 spiro atoms. The Morgan fingerprint density at radius 1 is 1.23 bits per heavy atom. The molecule has 6 nitrogen and oxygen atoms in total. The largest absolute Gasteiger partial charge is 0.497 e. The minimum absolute atomic E-state index is 0.0876. The summed E-state index contributed by atoms with van der Waals surface area (Å²) < 4.78 is 15.6. The van der Waals surface area contributed by atoms with Crippen LogP contribution in [0.1, 0.15) is 12.2 Å². The molecule has 0 saturated carbocycles. The van der Waals surface area contributed by atoms with Crippen molar-refractivity contribution >= 4 is 11.6 Å². The van der Waals surface area contributed by atoms with E-state index in [1.54, 1.807) is 38.7 Å². The van der Waals surface area contributed by atoms with Crippen LogP contribution in [-0.2, 0) is 11.3 Å². The molecule has 0 aliphatic carbocycles. The van der Waals surface area contributed by atoms with E-state index < -0.39 is 0 Å². The van der Waals surface area contributed by atoms with Gasteiger partial charge in [0.15, 0.2) is 0 Å². The molecule has 22 heavy (non-hydrogen) atoms. The van der Waals surface area contributed by atoms with Gasteiger partial charge in [-0.15, -0.1) is 0 Å². The normalized spacial score (nSPS) is 10.3. The van der Waals surface area contributed by atoms with Gasteiger partial charge >= 0.3 is 0 Å². The van der Waals surface area contributed by atoms with Gasteiger partial charge in [0.1, 0.15) is 17.3 Å². The summed E-state index contributed by atoms with van der Waals surface area (Å²) in [7, 11) is 3.13. The van der Waals surface area contributed by atoms with Gasteiger partial charge in [-0.2, -0.15) is 0 Å². The Kier molecular flexibility index (Phi) is 5.85. The summed E-state index contributed by atoms with van der Waals surface area (Å²) in [6.45, 7) is 1.16. The van der Waals surface area contributed by atoms with E-state index in [-0.39, 0.29) is 5.91 Å². The maximum atomic E-state index is 11.9. The standard InChI is InChI=1S/C16H20N2O4/c1-20-12-5-6-14(15(10-12)21-2)18-16(19)7-8-17-11-13-4-3-9-22-13/h3-6,9-10,17H,7-8,11H2,1-2H3,(H,18,19). The van der Waals surface area contributed by atoms with Gasteiger partial charge in [0.05, 0.1) is 32.7 Å². The zero-order valence-electron chi connectivity index (χ0n) is 12.7. The van der Waals surface area contributed by atoms with Crippen LogP contribution < -0.4 is 20.1 Å². The third kappa shape index (κ3) is 4.53. The van der Waals surface area contributed by atoms with Crippen LogP contribution in [0.3, 0.4) is 0 Å². The van der Waals surface area contributed by atoms with Crippen LogP contribution in [0.25, 0.3) is 0 Å². The van der Waals surface area contributed by atoms with Crippen molar-refractivity contribution in [2.24, 2.45) is 0 Å². The highest BCUT2D eigenvalue weighted by atomic mass is 16.5. The van der Waals surface area contributed by atoms with Crippen molar-refractivity contribution in [1.82, 2.24) is 5.32 Å². The molecule has 0 aliphatic rings. The van der Waals surface area contributed by atoms with Crippen molar-refractivity contribution in [3.63, 3.8) is 0 Å². The molecule has 0 aliphatic heterocycles. The number of nitrogens with one attached hydrogen (secondary N) is 2. The highest BCUT2D eigenvalue weighted by Gasteiger charge is 2.08. The van der Waals surface area contributed by atoms with Crippen molar-refractivity contribution in [2.75, 3.05) is 26.1 Å². The Labute approximate surface area is 129 Å². The fourth-order valence-electron chi connectivity index (χ4n) is 1.94. The van der Waals surface area contributed by atoms with Gasteiger partial charge in [-0.1, -0.05) is 0 Å². The van der Waals surface area contributed by atoms with Gasteiger partial charge in [0.25, 0.3) is 0 Å². The molecule has 6 heteroatoms. The van der Waals surface area contributed by atoms with E-state index in [1.807, 2.05) is 12.1 Å². The van der Waals surface area contributed by atoms with Crippen LogP contribution in [0.2, 0.25) is 0 Å². The number of carbonyl (C=O) groups excluding carboxylic acids is 1. The summed E-state index contributed by atoms with van der Waals surface area (Å²) in [5.41, 5.74) is 0.624. The molecule has 0 fully saturated rings. The summed E-state index contributed by atoms with van der Waals surface area (Å²) in [6, 6.07) is 8.97. The molecule has 118 valence electrons. The first-order chi connectivity index (χ1) is 10.7. The average Bonchev–Trinajstić information content (AvgIpc) is 3.05. The van der Waals surface area contributed by atoms with Gasteiger partial charge in [-0.25, -0.2) is 0 Å². The summed E-state index contributed by atoms with van der Waals surface area (Å²) in [6.07, 6.45) is 1.98. The number of hydrogen-bond acceptors (Lipinski definition) is 5. The maximum absolute atomic E-state index is 11.9. The van der Waals surface area contributed by atoms with E-state index in [1.165, 1.54) is 0 Å². The Morgan fingerprint density at radius 3 is 2.77 bits per heavy atom. The van der Waals surface area contributed by atoms with E-state index in [0.717, 1.165) is 5.76 Å². The molecule has 1 aromatic heterocycles. The molecule has 1 heterocycles. The van der Waals surface area contributed by atoms with Crippen LogP contribution in [0.4, 0.5) is 5.69 Å². The fourth-order valence-corrected chi connectivity index (χ4v) is 1.94. The highest BCUT2D eigenvalue weighted by Crippen LogP contribution is 2.28. The smallest absolute Gasteiger partial charge is 0.225 e. The molecule has 2 N–H and O–H groups in total. The second-order valence-corrected chi connectivity index (χ2v) is 4.62. The van der Waals surface area contributed by atoms with Crippen molar-refractivity contribution in [3.05, 3.63) is 42.4 Å². The summed E-state index contributed by atoms with van der Waals surface area (Å²) >= 11 is 0. The Bertz CT molecular complexity index is 596. The number of amides is 1. The number of methoxy groups -OCH3 is 2. The van der Waals surface area contributed by atoms with Crippen LogP contribution in [0.5, 0.6) is 11.5 Å². The van der Waals surface area contributed by atoms with Gasteiger partial charge < -0.3 is 24.5 Å². The maximum Gasteiger partial charge on any atom is 0.225 e. The quantitative estimate of drug-likeness (QED) is 0.733. The summed E-state index contributed by atoms with van der Waals surface area (Å²) in [5, 5.41) is 5.97. The molecule has 2 aromatic rings. The molecule has 1 aromatic carbocycles. The molecular weight excluding hydrogens is 284 g/mol. The summed E-state index contributed by atoms with van der Waals surface area (Å²) in [5.74, 6) is 2.00. The van der Waals surface area contributed by atoms with Crippen LogP contribution >= 0.6 is 0 Å². The van der Waals surface area contributed by atoms with E-state index in [0.29, 0.717) is 36.7 Å². The SMILES string of the molecule is COc1ccc(NC(=O)CCNCc2ccco2)c(OC)c1. The predicted molar refractivity (Wildman–Crippen MR) is 83.2 cm³/mol. The molecule has 2 rings (SSSR count). The minimum Gasteiger partial charge on any atom is -0.497 e. The highest BCUT2D eigenvalue weighted by molar-refractivity contribution is 5.92. The number of carbonyl (C=O) groups is 1. The van der Waals surface area contributed by atoms with Crippen LogP contribution in [0, 0.1) is 0 Å². The third-order valence-electron chi connectivity index (χ3n) is 3.09. The Balaban J connectivity index is 1.79. The van der Waals surface area contributed by atoms with E-state index in [9.17, 15) is 4.79 Å². The lowest BCUT2D eigenvalue weighted by Gasteiger charge is -2.11. The first-order valence-corrected chi connectivity index (χ1v) is 6.98. The first kappa shape index (κ1) is 15.9. The molecule has 0 saturated heterocycles. The molecule has 0 bridgehead atoms. The number of ether oxygens (including phenoxy) is 2. The zero-order chi connectivity index (χ0) is 15.8. The minimum atomic E-state index is -0.0876. The predicted octanol–water partition coefficient (Wildman–Crippen LogP) is 2.42. The Hall–Kier alpha value is -2.47. The zero-order valence-corrected chi connectivity index (χ0v) is 12.7. The number of anilines is 1. The number of benzene rings is 1. The lowest BCUT2D eigenvalue weighted by Crippen LogP contribution is -2.21. The molecule has 0 atom stereocenters. The number of hydrogen-bond donors (Lipinski definition) is 2. The van der Waals surface area contributed by atoms with Crippen molar-refractivity contribution in [1.29, 1.82) is 0 Å².